The number of aromatic nitrogens is 4. The summed E-state index contributed by atoms with van der Waals surface area (Å²) < 4.78 is 0. The van der Waals surface area contributed by atoms with E-state index in [4.69, 9.17) is 0 Å². The molecule has 0 fully saturated rings. The van der Waals surface area contributed by atoms with Gasteiger partial charge in [-0.25, -0.2) is 15.0 Å². The van der Waals surface area contributed by atoms with Crippen molar-refractivity contribution in [2.24, 2.45) is 0 Å². The molecule has 1 aromatic carbocycles. The second kappa shape index (κ2) is 4.16. The fourth-order valence-corrected chi connectivity index (χ4v) is 2.98. The summed E-state index contributed by atoms with van der Waals surface area (Å²) in [6.45, 7) is 0. The molecule has 1 atom stereocenters. The van der Waals surface area contributed by atoms with Crippen molar-refractivity contribution in [3.8, 4) is 0 Å². The zero-order chi connectivity index (χ0) is 12.7. The molecule has 1 unspecified atom stereocenters. The Morgan fingerprint density at radius 1 is 1.21 bits per heavy atom. The van der Waals surface area contributed by atoms with Crippen LogP contribution in [0.4, 0.5) is 0 Å². The lowest BCUT2D eigenvalue weighted by atomic mass is 9.82. The largest absolute Gasteiger partial charge is 0.339 e. The number of rotatable bonds is 1. The Labute approximate surface area is 110 Å². The van der Waals surface area contributed by atoms with Gasteiger partial charge in [-0.05, 0) is 30.4 Å². The second-order valence-electron chi connectivity index (χ2n) is 5.03. The van der Waals surface area contributed by atoms with Crippen LogP contribution in [0.25, 0.3) is 11.2 Å². The van der Waals surface area contributed by atoms with E-state index in [0.29, 0.717) is 5.92 Å². The van der Waals surface area contributed by atoms with Gasteiger partial charge >= 0.3 is 0 Å². The molecule has 3 aromatic rings. The SMILES string of the molecule is c1ccc2c(c1)CCCC2c1nc2ncncc2[nH]1. The summed E-state index contributed by atoms with van der Waals surface area (Å²) in [5, 5.41) is 0. The van der Waals surface area contributed by atoms with E-state index in [2.05, 4.69) is 44.2 Å². The molecule has 2 heterocycles. The fourth-order valence-electron chi connectivity index (χ4n) is 2.98. The first-order chi connectivity index (χ1) is 9.42. The maximum atomic E-state index is 4.63. The molecular weight excluding hydrogens is 236 g/mol. The third-order valence-corrected chi connectivity index (χ3v) is 3.88. The quantitative estimate of drug-likeness (QED) is 0.722. The van der Waals surface area contributed by atoms with E-state index in [9.17, 15) is 0 Å². The summed E-state index contributed by atoms with van der Waals surface area (Å²) in [7, 11) is 0. The number of nitrogens with zero attached hydrogens (tertiary/aromatic N) is 3. The number of imidazole rings is 1. The zero-order valence-electron chi connectivity index (χ0n) is 10.5. The van der Waals surface area contributed by atoms with Gasteiger partial charge < -0.3 is 4.98 Å². The van der Waals surface area contributed by atoms with Gasteiger partial charge in [-0.15, -0.1) is 0 Å². The van der Waals surface area contributed by atoms with E-state index < -0.39 is 0 Å². The van der Waals surface area contributed by atoms with Crippen molar-refractivity contribution >= 4 is 11.2 Å². The summed E-state index contributed by atoms with van der Waals surface area (Å²) in [5.74, 6) is 1.38. The Morgan fingerprint density at radius 3 is 3.11 bits per heavy atom. The molecule has 0 saturated heterocycles. The van der Waals surface area contributed by atoms with E-state index in [1.807, 2.05) is 0 Å². The van der Waals surface area contributed by atoms with Crippen molar-refractivity contribution in [1.29, 1.82) is 0 Å². The molecule has 4 rings (SSSR count). The van der Waals surface area contributed by atoms with E-state index in [-0.39, 0.29) is 0 Å². The maximum Gasteiger partial charge on any atom is 0.180 e. The van der Waals surface area contributed by atoms with Crippen LogP contribution in [0.3, 0.4) is 0 Å². The van der Waals surface area contributed by atoms with E-state index >= 15 is 0 Å². The van der Waals surface area contributed by atoms with E-state index in [1.54, 1.807) is 12.5 Å². The van der Waals surface area contributed by atoms with Gasteiger partial charge in [-0.3, -0.25) is 0 Å². The molecule has 19 heavy (non-hydrogen) atoms. The molecule has 0 amide bonds. The molecule has 2 aromatic heterocycles. The summed E-state index contributed by atoms with van der Waals surface area (Å²) in [4.78, 5) is 16.2. The van der Waals surface area contributed by atoms with Crippen LogP contribution in [0, 0.1) is 0 Å². The van der Waals surface area contributed by atoms with Gasteiger partial charge in [0.2, 0.25) is 0 Å². The number of hydrogen-bond acceptors (Lipinski definition) is 3. The van der Waals surface area contributed by atoms with Crippen molar-refractivity contribution in [3.63, 3.8) is 0 Å². The second-order valence-corrected chi connectivity index (χ2v) is 5.03. The fraction of sp³-hybridized carbons (Fsp3) is 0.267. The van der Waals surface area contributed by atoms with Crippen LogP contribution in [-0.4, -0.2) is 19.9 Å². The van der Waals surface area contributed by atoms with Crippen LogP contribution in [0.2, 0.25) is 0 Å². The van der Waals surface area contributed by atoms with Crippen LogP contribution in [-0.2, 0) is 6.42 Å². The van der Waals surface area contributed by atoms with Crippen molar-refractivity contribution < 1.29 is 0 Å². The molecular formula is C15H14N4. The minimum Gasteiger partial charge on any atom is -0.339 e. The third kappa shape index (κ3) is 1.71. The number of nitrogens with one attached hydrogen (secondary N) is 1. The van der Waals surface area contributed by atoms with Gasteiger partial charge in [0.15, 0.2) is 5.65 Å². The molecule has 1 aliphatic rings. The van der Waals surface area contributed by atoms with Crippen LogP contribution in [0.5, 0.6) is 0 Å². The zero-order valence-corrected chi connectivity index (χ0v) is 10.5. The summed E-state index contributed by atoms with van der Waals surface area (Å²) in [6, 6.07) is 8.67. The Balaban J connectivity index is 1.85. The Hall–Kier alpha value is -2.23. The number of hydrogen-bond donors (Lipinski definition) is 1. The lowest BCUT2D eigenvalue weighted by Gasteiger charge is -2.23. The summed E-state index contributed by atoms with van der Waals surface area (Å²) >= 11 is 0. The van der Waals surface area contributed by atoms with E-state index in [0.717, 1.165) is 23.4 Å². The monoisotopic (exact) mass is 250 g/mol. The maximum absolute atomic E-state index is 4.63. The Kier molecular flexibility index (Phi) is 2.33. The Morgan fingerprint density at radius 2 is 2.16 bits per heavy atom. The highest BCUT2D eigenvalue weighted by atomic mass is 15.0. The van der Waals surface area contributed by atoms with Crippen LogP contribution in [0.15, 0.2) is 36.8 Å². The van der Waals surface area contributed by atoms with Crippen LogP contribution >= 0.6 is 0 Å². The topological polar surface area (TPSA) is 54.5 Å². The molecule has 94 valence electrons. The Bertz CT molecular complexity index is 699. The predicted molar refractivity (Wildman–Crippen MR) is 72.9 cm³/mol. The van der Waals surface area contributed by atoms with Gasteiger partial charge in [0.05, 0.1) is 6.20 Å². The lowest BCUT2D eigenvalue weighted by Crippen LogP contribution is -2.12. The summed E-state index contributed by atoms with van der Waals surface area (Å²) in [6.07, 6.45) is 6.86. The number of fused-ring (bicyclic) bond motifs is 2. The smallest absolute Gasteiger partial charge is 0.180 e. The standard InChI is InChI=1S/C15H14N4/c1-2-6-11-10(4-1)5-3-7-12(11)14-18-13-8-16-9-17-15(13)19-14/h1-2,4,6,8-9,12H,3,5,7H2,(H,16,17,18,19). The van der Waals surface area contributed by atoms with Gasteiger partial charge in [0.25, 0.3) is 0 Å². The predicted octanol–water partition coefficient (Wildman–Crippen LogP) is 2.82. The van der Waals surface area contributed by atoms with Crippen LogP contribution < -0.4 is 0 Å². The summed E-state index contributed by atoms with van der Waals surface area (Å²) in [5.41, 5.74) is 4.53. The molecule has 1 N–H and O–H groups in total. The third-order valence-electron chi connectivity index (χ3n) is 3.88. The first-order valence-corrected chi connectivity index (χ1v) is 6.65. The minimum atomic E-state index is 0.360. The lowest BCUT2D eigenvalue weighted by molar-refractivity contribution is 0.596. The number of aryl methyl sites for hydroxylation is 1. The number of H-pyrrole nitrogens is 1. The number of aromatic amines is 1. The normalized spacial score (nSPS) is 18.4. The van der Waals surface area contributed by atoms with Gasteiger partial charge in [0, 0.05) is 5.92 Å². The molecule has 1 aliphatic carbocycles. The van der Waals surface area contributed by atoms with Gasteiger partial charge in [-0.2, -0.15) is 0 Å². The average Bonchev–Trinajstić information content (AvgIpc) is 2.90. The van der Waals surface area contributed by atoms with Crippen molar-refractivity contribution in [3.05, 3.63) is 53.7 Å². The molecule has 4 heteroatoms. The highest BCUT2D eigenvalue weighted by molar-refractivity contribution is 5.69. The van der Waals surface area contributed by atoms with Crippen molar-refractivity contribution in [2.45, 2.75) is 25.2 Å². The van der Waals surface area contributed by atoms with Gasteiger partial charge in [-0.1, -0.05) is 24.3 Å². The molecule has 0 bridgehead atoms. The van der Waals surface area contributed by atoms with E-state index in [1.165, 1.54) is 24.0 Å². The average molecular weight is 250 g/mol. The molecule has 0 radical (unpaired) electrons. The molecule has 0 spiro atoms. The minimum absolute atomic E-state index is 0.360. The van der Waals surface area contributed by atoms with Crippen molar-refractivity contribution in [1.82, 2.24) is 19.9 Å². The molecule has 0 saturated carbocycles. The van der Waals surface area contributed by atoms with Gasteiger partial charge in [0.1, 0.15) is 17.7 Å². The van der Waals surface area contributed by atoms with Crippen LogP contribution in [0.1, 0.15) is 35.7 Å². The molecule has 0 aliphatic heterocycles. The number of benzene rings is 1. The highest BCUT2D eigenvalue weighted by Gasteiger charge is 2.24. The first-order valence-electron chi connectivity index (χ1n) is 6.65. The first kappa shape index (κ1) is 10.7. The molecule has 4 nitrogen and oxygen atoms in total. The van der Waals surface area contributed by atoms with Crippen molar-refractivity contribution in [2.75, 3.05) is 0 Å². The highest BCUT2D eigenvalue weighted by Crippen LogP contribution is 2.35.